The number of primary amides is 1. The van der Waals surface area contributed by atoms with Gasteiger partial charge in [0.15, 0.2) is 5.78 Å². The number of hydrogen-bond donors (Lipinski definition) is 12. The van der Waals surface area contributed by atoms with Crippen molar-refractivity contribution in [3.63, 3.8) is 0 Å². The highest BCUT2D eigenvalue weighted by Crippen LogP contribution is 2.18. The normalized spacial score (nSPS) is 12.6. The van der Waals surface area contributed by atoms with Crippen molar-refractivity contribution < 1.29 is 102 Å². The summed E-state index contributed by atoms with van der Waals surface area (Å²) < 4.78 is 21.4. The van der Waals surface area contributed by atoms with Crippen LogP contribution < -0.4 is 32.7 Å². The van der Waals surface area contributed by atoms with Gasteiger partial charge in [0.05, 0.1) is 51.3 Å². The molecular formula is C61H105N8O21P. The largest absolute Gasteiger partial charge is 0.481 e. The molecule has 1 unspecified atom stereocenters. The minimum absolute atomic E-state index is 0.000979. The summed E-state index contributed by atoms with van der Waals surface area (Å²) in [5.74, 6) is -9.95. The van der Waals surface area contributed by atoms with Crippen LogP contribution in [0.2, 0.25) is 0 Å². The Morgan fingerprint density at radius 3 is 1.53 bits per heavy atom. The van der Waals surface area contributed by atoms with Gasteiger partial charge in [-0.2, -0.15) is 0 Å². The van der Waals surface area contributed by atoms with Gasteiger partial charge >= 0.3 is 23.9 Å². The van der Waals surface area contributed by atoms with E-state index in [9.17, 15) is 72.9 Å². The average molecular weight is 1320 g/mol. The lowest BCUT2D eigenvalue weighted by Gasteiger charge is -2.16. The fraction of sp³-hybridized carbons (Fsp3) is 0.754. The highest BCUT2D eigenvalue weighted by molar-refractivity contribution is 7.08. The number of Topliss-reactive ketones (excluding diaryl/α,β-unsaturated/α-hetero) is 3. The number of carbonyl (C=O) groups excluding carboxylic acids is 8. The van der Waals surface area contributed by atoms with E-state index in [1.807, 2.05) is 0 Å². The summed E-state index contributed by atoms with van der Waals surface area (Å²) in [4.78, 5) is 159. The minimum atomic E-state index is -1.44. The second-order valence-electron chi connectivity index (χ2n) is 22.3. The van der Waals surface area contributed by atoms with E-state index in [2.05, 4.69) is 31.2 Å². The third-order valence-electron chi connectivity index (χ3n) is 14.6. The SMILES string of the molecule is NC(=O)[C@H](CCCCNC(=O)CC[C@H](NC(=O)CC[C@H](CC(=O)COCCOCCNC(=O)COCCOCCCC(=O)CC[C@H](NC(=O)CCCCCCCCCCCCCCCCC(=O)O)C(=O)O)C(=O)O)C(=O)O)CCC(=O)[C@@H](N)Cc1cnc[nH]1.OP. The lowest BCUT2D eigenvalue weighted by Crippen LogP contribution is -2.42. The summed E-state index contributed by atoms with van der Waals surface area (Å²) in [5, 5.41) is 47.7. The van der Waals surface area contributed by atoms with Crippen LogP contribution in [0, 0.1) is 11.8 Å². The Morgan fingerprint density at radius 1 is 0.473 bits per heavy atom. The molecule has 0 aliphatic heterocycles. The van der Waals surface area contributed by atoms with Gasteiger partial charge in [-0.3, -0.25) is 47.9 Å². The third kappa shape index (κ3) is 50.0. The van der Waals surface area contributed by atoms with E-state index in [1.165, 1.54) is 47.9 Å². The second kappa shape index (κ2) is 56.4. The zero-order chi connectivity index (χ0) is 67.9. The molecule has 0 aliphatic carbocycles. The quantitative estimate of drug-likeness (QED) is 0.0326. The number of H-pyrrole nitrogens is 1. The summed E-state index contributed by atoms with van der Waals surface area (Å²) in [5.41, 5.74) is 12.2. The lowest BCUT2D eigenvalue weighted by molar-refractivity contribution is -0.145. The number of aromatic nitrogens is 2. The molecule has 0 saturated carbocycles. The van der Waals surface area contributed by atoms with Gasteiger partial charge < -0.3 is 82.0 Å². The van der Waals surface area contributed by atoms with E-state index in [0.29, 0.717) is 37.8 Å². The molecule has 91 heavy (non-hydrogen) atoms. The number of ketones is 3. The summed E-state index contributed by atoms with van der Waals surface area (Å²) in [6, 6.07) is -3.34. The van der Waals surface area contributed by atoms with Crippen LogP contribution in [-0.2, 0) is 82.9 Å². The fourth-order valence-corrected chi connectivity index (χ4v) is 9.37. The number of carboxylic acid groups (broad SMARTS) is 4. The molecule has 6 atom stereocenters. The Morgan fingerprint density at radius 2 is 0.978 bits per heavy atom. The molecule has 1 aromatic heterocycles. The van der Waals surface area contributed by atoms with Crippen LogP contribution in [-0.4, -0.2) is 190 Å². The van der Waals surface area contributed by atoms with Crippen LogP contribution in [0.5, 0.6) is 0 Å². The molecule has 14 N–H and O–H groups in total. The second-order valence-corrected chi connectivity index (χ2v) is 22.3. The predicted octanol–water partition coefficient (Wildman–Crippen LogP) is 3.78. The maximum absolute atomic E-state index is 12.6. The first kappa shape index (κ1) is 84.6. The molecule has 30 heteroatoms. The molecule has 5 amide bonds. The number of carboxylic acids is 4. The van der Waals surface area contributed by atoms with E-state index < -0.39 is 103 Å². The first-order chi connectivity index (χ1) is 43.7. The van der Waals surface area contributed by atoms with Crippen LogP contribution in [0.3, 0.4) is 0 Å². The number of nitrogens with two attached hydrogens (primary N) is 2. The Labute approximate surface area is 536 Å². The molecule has 29 nitrogen and oxygen atoms in total. The van der Waals surface area contributed by atoms with Crippen molar-refractivity contribution in [2.45, 2.75) is 217 Å². The van der Waals surface area contributed by atoms with Gasteiger partial charge in [-0.15, -0.1) is 0 Å². The monoisotopic (exact) mass is 1320 g/mol. The molecule has 0 saturated heterocycles. The zero-order valence-electron chi connectivity index (χ0n) is 53.0. The van der Waals surface area contributed by atoms with Gasteiger partial charge in [-0.05, 0) is 67.3 Å². The number of hydrogen-bond acceptors (Lipinski definition) is 19. The topological polar surface area (TPSA) is 472 Å². The van der Waals surface area contributed by atoms with E-state index in [4.69, 9.17) is 40.4 Å². The fourth-order valence-electron chi connectivity index (χ4n) is 9.37. The van der Waals surface area contributed by atoms with Crippen molar-refractivity contribution in [1.82, 2.24) is 31.2 Å². The zero-order valence-corrected chi connectivity index (χ0v) is 54.1. The maximum Gasteiger partial charge on any atom is 0.326 e. The first-order valence-corrected chi connectivity index (χ1v) is 32.4. The number of carbonyl (C=O) groups is 12. The number of amides is 5. The molecule has 520 valence electrons. The first-order valence-electron chi connectivity index (χ1n) is 31.9. The number of rotatable bonds is 62. The average Bonchev–Trinajstić information content (AvgIpc) is 3.88. The minimum Gasteiger partial charge on any atom is -0.481 e. The Bertz CT molecular complexity index is 2250. The number of aromatic amines is 1. The number of unbranched alkanes of at least 4 members (excludes halogenated alkanes) is 14. The smallest absolute Gasteiger partial charge is 0.326 e. The van der Waals surface area contributed by atoms with Crippen molar-refractivity contribution in [1.29, 1.82) is 0 Å². The van der Waals surface area contributed by atoms with E-state index >= 15 is 0 Å². The molecule has 1 aromatic rings. The third-order valence-corrected chi connectivity index (χ3v) is 14.6. The number of aliphatic carboxylic acids is 4. The van der Waals surface area contributed by atoms with Crippen molar-refractivity contribution >= 4 is 80.2 Å². The molecule has 1 heterocycles. The van der Waals surface area contributed by atoms with Crippen molar-refractivity contribution in [2.75, 3.05) is 65.9 Å². The summed E-state index contributed by atoms with van der Waals surface area (Å²) in [6.45, 7) is 0.390. The van der Waals surface area contributed by atoms with Crippen molar-refractivity contribution in [3.8, 4) is 0 Å². The molecular weight excluding hydrogens is 1210 g/mol. The van der Waals surface area contributed by atoms with Gasteiger partial charge in [0.2, 0.25) is 29.5 Å². The number of nitrogens with zero attached hydrogens (tertiary/aromatic N) is 1. The molecule has 0 fully saturated rings. The van der Waals surface area contributed by atoms with Crippen LogP contribution in [0.1, 0.15) is 198 Å². The predicted molar refractivity (Wildman–Crippen MR) is 336 cm³/mol. The number of imidazole rings is 1. The Kier molecular flexibility index (Phi) is 52.5. The molecule has 0 spiro atoms. The Balaban J connectivity index is 0.0000401. The molecule has 0 bridgehead atoms. The molecule has 0 aliphatic rings. The lowest BCUT2D eigenvalue weighted by atomic mass is 9.93. The number of nitrogens with one attached hydrogen (secondary N) is 5. The summed E-state index contributed by atoms with van der Waals surface area (Å²) in [6.07, 6.45) is 19.2. The summed E-state index contributed by atoms with van der Waals surface area (Å²) >= 11 is 0. The van der Waals surface area contributed by atoms with Crippen LogP contribution in [0.15, 0.2) is 12.5 Å². The van der Waals surface area contributed by atoms with Crippen LogP contribution >= 0.6 is 9.47 Å². The van der Waals surface area contributed by atoms with Gasteiger partial charge in [0.25, 0.3) is 0 Å². The summed E-state index contributed by atoms with van der Waals surface area (Å²) in [7, 11) is 1.42. The van der Waals surface area contributed by atoms with Crippen LogP contribution in [0.25, 0.3) is 0 Å². The maximum atomic E-state index is 12.6. The van der Waals surface area contributed by atoms with Crippen molar-refractivity contribution in [3.05, 3.63) is 18.2 Å². The van der Waals surface area contributed by atoms with E-state index in [0.717, 1.165) is 51.4 Å². The van der Waals surface area contributed by atoms with Crippen molar-refractivity contribution in [2.24, 2.45) is 23.3 Å². The van der Waals surface area contributed by atoms with Crippen LogP contribution in [0.4, 0.5) is 0 Å². The van der Waals surface area contributed by atoms with Gasteiger partial charge in [-0.1, -0.05) is 83.5 Å². The van der Waals surface area contributed by atoms with Gasteiger partial charge in [0, 0.05) is 95.3 Å². The molecule has 0 radical (unpaired) electrons. The number of ether oxygens (including phenoxy) is 4. The molecule has 1 rings (SSSR count). The standard InChI is InChI=1S/C61H102N8O20.H3OP/c62-49(39-46-40-64-43-67-46)52(72)27-22-44(58(63)79)18-15-16-30-65-53(73)29-26-51(61(84)85)69-55(75)28-23-45(59(80)81)38-48(71)41-88-36-35-87-33-31-66-56(76)42-89-37-34-86-32-17-19-47(70)24-25-50(60(82)83)68-54(74)20-13-11-9-7-5-3-1-2-4-6-8-10-12-14-21-57(77)78;1-2/h40,43-45,49-51H,1-39,41-42,62H2,(H2,63,79)(H,64,67)(H,65,73)(H,66,76)(H,68,74)(H,69,75)(H,77,78)(H,80,81)(H,82,83)(H,84,85);1H,2H2/t44-,45-,49+,50+,51+;/m1./s1. The van der Waals surface area contributed by atoms with E-state index in [-0.39, 0.29) is 147 Å². The highest BCUT2D eigenvalue weighted by Gasteiger charge is 2.26. The van der Waals surface area contributed by atoms with Gasteiger partial charge in [0.1, 0.15) is 36.9 Å². The highest BCUT2D eigenvalue weighted by atomic mass is 31.0. The van der Waals surface area contributed by atoms with E-state index in [1.54, 1.807) is 6.20 Å². The van der Waals surface area contributed by atoms with Gasteiger partial charge in [-0.25, -0.2) is 14.6 Å². The Hall–Kier alpha value is -6.36. The molecule has 0 aromatic carbocycles.